The summed E-state index contributed by atoms with van der Waals surface area (Å²) < 4.78 is 1.27. The molecule has 0 spiro atoms. The van der Waals surface area contributed by atoms with E-state index in [4.69, 9.17) is 11.6 Å². The van der Waals surface area contributed by atoms with Gasteiger partial charge in [0, 0.05) is 11.9 Å². The molecule has 0 saturated heterocycles. The summed E-state index contributed by atoms with van der Waals surface area (Å²) >= 11 is 7.57. The summed E-state index contributed by atoms with van der Waals surface area (Å²) in [7, 11) is 0. The Morgan fingerprint density at radius 3 is 2.78 bits per heavy atom. The number of aromatic nitrogens is 1. The molecular weight excluding hydrogens is 264 g/mol. The van der Waals surface area contributed by atoms with E-state index in [-0.39, 0.29) is 0 Å². The van der Waals surface area contributed by atoms with Gasteiger partial charge in [0.2, 0.25) is 0 Å². The van der Waals surface area contributed by atoms with Crippen LogP contribution < -0.4 is 0 Å². The van der Waals surface area contributed by atoms with E-state index in [0.29, 0.717) is 6.04 Å². The summed E-state index contributed by atoms with van der Waals surface area (Å²) in [5, 5.41) is 1.19. The molecule has 18 heavy (non-hydrogen) atoms. The van der Waals surface area contributed by atoms with Crippen molar-refractivity contribution in [3.05, 3.63) is 29.3 Å². The van der Waals surface area contributed by atoms with Crippen molar-refractivity contribution in [3.8, 4) is 0 Å². The van der Waals surface area contributed by atoms with Gasteiger partial charge in [-0.2, -0.15) is 0 Å². The average Bonchev–Trinajstić information content (AvgIpc) is 2.76. The normalized spacial score (nSPS) is 11.8. The summed E-state index contributed by atoms with van der Waals surface area (Å²) in [5.41, 5.74) is 1.11. The predicted octanol–water partition coefficient (Wildman–Crippen LogP) is 4.14. The van der Waals surface area contributed by atoms with E-state index in [2.05, 4.69) is 41.9 Å². The van der Waals surface area contributed by atoms with Gasteiger partial charge in [-0.25, -0.2) is 4.98 Å². The van der Waals surface area contributed by atoms with Crippen molar-refractivity contribution in [2.45, 2.75) is 32.9 Å². The van der Waals surface area contributed by atoms with Crippen LogP contribution in [0.5, 0.6) is 0 Å². The van der Waals surface area contributed by atoms with Gasteiger partial charge in [0.25, 0.3) is 0 Å². The summed E-state index contributed by atoms with van der Waals surface area (Å²) in [6.45, 7) is 6.41. The maximum atomic E-state index is 5.78. The van der Waals surface area contributed by atoms with Crippen LogP contribution in [0.2, 0.25) is 0 Å². The molecule has 0 unspecified atom stereocenters. The molecule has 0 aliphatic carbocycles. The molecule has 4 heteroatoms. The van der Waals surface area contributed by atoms with E-state index < -0.39 is 0 Å². The number of alkyl halides is 1. The van der Waals surface area contributed by atoms with Crippen molar-refractivity contribution in [2.24, 2.45) is 0 Å². The average molecular weight is 283 g/mol. The molecule has 0 amide bonds. The molecule has 0 aliphatic rings. The molecule has 0 aliphatic heterocycles. The number of rotatable bonds is 6. The molecule has 1 heterocycles. The van der Waals surface area contributed by atoms with Crippen molar-refractivity contribution >= 4 is 33.2 Å². The number of nitrogens with zero attached hydrogens (tertiary/aromatic N) is 2. The standard InChI is InChI=1S/C14H19ClN2S/c1-11(2)17(9-5-8-15)10-14-16-12-6-3-4-7-13(12)18-14/h3-4,6-7,11H,5,8-10H2,1-2H3. The van der Waals surface area contributed by atoms with Crippen LogP contribution in [-0.4, -0.2) is 28.4 Å². The first-order valence-electron chi connectivity index (χ1n) is 6.35. The largest absolute Gasteiger partial charge is 0.294 e. The fourth-order valence-electron chi connectivity index (χ4n) is 1.94. The molecule has 2 rings (SSSR count). The van der Waals surface area contributed by atoms with E-state index in [1.54, 1.807) is 11.3 Å². The predicted molar refractivity (Wildman–Crippen MR) is 80.5 cm³/mol. The third-order valence-corrected chi connectivity index (χ3v) is 4.27. The van der Waals surface area contributed by atoms with Crippen LogP contribution in [0.4, 0.5) is 0 Å². The number of para-hydroxylation sites is 1. The van der Waals surface area contributed by atoms with E-state index in [0.717, 1.165) is 30.9 Å². The van der Waals surface area contributed by atoms with Crippen molar-refractivity contribution in [1.82, 2.24) is 9.88 Å². The highest BCUT2D eigenvalue weighted by Gasteiger charge is 2.12. The molecule has 1 aromatic heterocycles. The van der Waals surface area contributed by atoms with Crippen LogP contribution in [0.1, 0.15) is 25.3 Å². The Morgan fingerprint density at radius 2 is 2.11 bits per heavy atom. The Labute approximate surface area is 118 Å². The number of hydrogen-bond acceptors (Lipinski definition) is 3. The first-order chi connectivity index (χ1) is 8.70. The van der Waals surface area contributed by atoms with Crippen molar-refractivity contribution in [1.29, 1.82) is 0 Å². The number of fused-ring (bicyclic) bond motifs is 1. The minimum Gasteiger partial charge on any atom is -0.294 e. The third kappa shape index (κ3) is 3.44. The van der Waals surface area contributed by atoms with E-state index in [1.165, 1.54) is 9.71 Å². The minimum absolute atomic E-state index is 0.528. The lowest BCUT2D eigenvalue weighted by Crippen LogP contribution is -2.31. The van der Waals surface area contributed by atoms with Gasteiger partial charge in [0.1, 0.15) is 5.01 Å². The first-order valence-corrected chi connectivity index (χ1v) is 7.70. The highest BCUT2D eigenvalue weighted by molar-refractivity contribution is 7.18. The molecule has 0 N–H and O–H groups in total. The zero-order valence-corrected chi connectivity index (χ0v) is 12.5. The van der Waals surface area contributed by atoms with Crippen LogP contribution in [0.15, 0.2) is 24.3 Å². The third-order valence-electron chi connectivity index (χ3n) is 2.99. The Kier molecular flexibility index (Phi) is 4.98. The zero-order valence-electron chi connectivity index (χ0n) is 10.9. The first kappa shape index (κ1) is 13.8. The molecule has 0 atom stereocenters. The topological polar surface area (TPSA) is 16.1 Å². The maximum absolute atomic E-state index is 5.78. The fourth-order valence-corrected chi connectivity index (χ4v) is 3.06. The van der Waals surface area contributed by atoms with Gasteiger partial charge in [-0.3, -0.25) is 4.90 Å². The van der Waals surface area contributed by atoms with Gasteiger partial charge in [-0.1, -0.05) is 12.1 Å². The zero-order chi connectivity index (χ0) is 13.0. The molecule has 0 fully saturated rings. The second-order valence-corrected chi connectivity index (χ2v) is 6.18. The molecule has 0 radical (unpaired) electrons. The minimum atomic E-state index is 0.528. The summed E-state index contributed by atoms with van der Waals surface area (Å²) in [6.07, 6.45) is 1.03. The van der Waals surface area contributed by atoms with Crippen LogP contribution in [0.3, 0.4) is 0 Å². The Morgan fingerprint density at radius 1 is 1.33 bits per heavy atom. The summed E-state index contributed by atoms with van der Waals surface area (Å²) in [5.74, 6) is 0.725. The number of halogens is 1. The lowest BCUT2D eigenvalue weighted by molar-refractivity contribution is 0.213. The van der Waals surface area contributed by atoms with E-state index in [9.17, 15) is 0 Å². The summed E-state index contributed by atoms with van der Waals surface area (Å²) in [6, 6.07) is 8.85. The maximum Gasteiger partial charge on any atom is 0.108 e. The Balaban J connectivity index is 2.10. The fraction of sp³-hybridized carbons (Fsp3) is 0.500. The second-order valence-electron chi connectivity index (χ2n) is 4.68. The summed E-state index contributed by atoms with van der Waals surface area (Å²) in [4.78, 5) is 7.12. The van der Waals surface area contributed by atoms with Gasteiger partial charge < -0.3 is 0 Å². The Hall–Kier alpha value is -0.640. The molecular formula is C14H19ClN2S. The quantitative estimate of drug-likeness (QED) is 0.741. The molecule has 2 nitrogen and oxygen atoms in total. The van der Waals surface area contributed by atoms with Crippen LogP contribution >= 0.6 is 22.9 Å². The van der Waals surface area contributed by atoms with Crippen molar-refractivity contribution < 1.29 is 0 Å². The smallest absolute Gasteiger partial charge is 0.108 e. The van der Waals surface area contributed by atoms with Gasteiger partial charge in [0.15, 0.2) is 0 Å². The van der Waals surface area contributed by atoms with Crippen molar-refractivity contribution in [3.63, 3.8) is 0 Å². The highest BCUT2D eigenvalue weighted by Crippen LogP contribution is 2.23. The number of hydrogen-bond donors (Lipinski definition) is 0. The van der Waals surface area contributed by atoms with Gasteiger partial charge in [-0.05, 0) is 38.9 Å². The van der Waals surface area contributed by atoms with Crippen LogP contribution in [-0.2, 0) is 6.54 Å². The molecule has 0 saturated carbocycles. The van der Waals surface area contributed by atoms with Crippen LogP contribution in [0, 0.1) is 0 Å². The highest BCUT2D eigenvalue weighted by atomic mass is 35.5. The SMILES string of the molecule is CC(C)N(CCCCl)Cc1nc2ccccc2s1. The lowest BCUT2D eigenvalue weighted by Gasteiger charge is -2.24. The monoisotopic (exact) mass is 282 g/mol. The van der Waals surface area contributed by atoms with Gasteiger partial charge in [0.05, 0.1) is 16.8 Å². The molecule has 2 aromatic rings. The second kappa shape index (κ2) is 6.50. The van der Waals surface area contributed by atoms with Gasteiger partial charge in [-0.15, -0.1) is 22.9 Å². The number of thiazole rings is 1. The lowest BCUT2D eigenvalue weighted by atomic mass is 10.3. The van der Waals surface area contributed by atoms with Crippen LogP contribution in [0.25, 0.3) is 10.2 Å². The van der Waals surface area contributed by atoms with E-state index in [1.807, 2.05) is 6.07 Å². The Bertz CT molecular complexity index is 462. The van der Waals surface area contributed by atoms with Gasteiger partial charge >= 0.3 is 0 Å². The molecule has 98 valence electrons. The molecule has 0 bridgehead atoms. The van der Waals surface area contributed by atoms with Crippen molar-refractivity contribution in [2.75, 3.05) is 12.4 Å². The number of benzene rings is 1. The molecule has 1 aromatic carbocycles. The van der Waals surface area contributed by atoms with E-state index >= 15 is 0 Å².